The maximum atomic E-state index is 13.9. The second-order valence-corrected chi connectivity index (χ2v) is 8.82. The number of rotatable bonds is 3. The zero-order valence-electron chi connectivity index (χ0n) is 16.8. The van der Waals surface area contributed by atoms with Gasteiger partial charge in [0.15, 0.2) is 11.7 Å². The van der Waals surface area contributed by atoms with E-state index in [0.717, 1.165) is 16.6 Å². The van der Waals surface area contributed by atoms with Gasteiger partial charge in [0, 0.05) is 16.6 Å². The SMILES string of the molecule is O=C(Nc1cccc(C(F)(F)F)c1)c1nn2c(c1Cl)N[C@@H](c1ccc(Br)cc1)C[C@@H]2C(F)(F)F. The third-order valence-corrected chi connectivity index (χ3v) is 6.12. The number of nitrogens with zero attached hydrogens (tertiary/aromatic N) is 2. The van der Waals surface area contributed by atoms with Gasteiger partial charge in [0.1, 0.15) is 10.8 Å². The Morgan fingerprint density at radius 2 is 1.79 bits per heavy atom. The molecule has 2 N–H and O–H groups in total. The molecule has 0 saturated carbocycles. The van der Waals surface area contributed by atoms with Crippen molar-refractivity contribution in [1.82, 2.24) is 9.78 Å². The zero-order chi connectivity index (χ0) is 24.8. The first-order chi connectivity index (χ1) is 15.8. The molecule has 1 aliphatic heterocycles. The van der Waals surface area contributed by atoms with Crippen molar-refractivity contribution in [3.05, 3.63) is 74.8 Å². The first-order valence-electron chi connectivity index (χ1n) is 9.70. The van der Waals surface area contributed by atoms with E-state index in [0.29, 0.717) is 16.3 Å². The predicted molar refractivity (Wildman–Crippen MR) is 117 cm³/mol. The van der Waals surface area contributed by atoms with E-state index in [2.05, 4.69) is 31.7 Å². The quantitative estimate of drug-likeness (QED) is 0.328. The summed E-state index contributed by atoms with van der Waals surface area (Å²) in [6, 6.07) is 7.61. The summed E-state index contributed by atoms with van der Waals surface area (Å²) in [5, 5.41) is 8.50. The molecule has 2 atom stereocenters. The minimum Gasteiger partial charge on any atom is -0.362 e. The van der Waals surface area contributed by atoms with Crippen molar-refractivity contribution in [2.45, 2.75) is 30.9 Å². The highest BCUT2D eigenvalue weighted by Crippen LogP contribution is 2.46. The summed E-state index contributed by atoms with van der Waals surface area (Å²) in [5.41, 5.74) is -1.20. The van der Waals surface area contributed by atoms with Crippen LogP contribution in [0.15, 0.2) is 53.0 Å². The van der Waals surface area contributed by atoms with Gasteiger partial charge in [-0.3, -0.25) is 4.79 Å². The Morgan fingerprint density at radius 1 is 1.12 bits per heavy atom. The molecule has 4 rings (SSSR count). The summed E-state index contributed by atoms with van der Waals surface area (Å²) in [4.78, 5) is 12.7. The lowest BCUT2D eigenvalue weighted by molar-refractivity contribution is -0.173. The van der Waals surface area contributed by atoms with E-state index in [1.165, 1.54) is 6.07 Å². The highest BCUT2D eigenvalue weighted by atomic mass is 79.9. The van der Waals surface area contributed by atoms with Gasteiger partial charge in [-0.2, -0.15) is 31.4 Å². The number of amides is 1. The third kappa shape index (κ3) is 4.88. The third-order valence-electron chi connectivity index (χ3n) is 5.23. The first-order valence-corrected chi connectivity index (χ1v) is 10.9. The van der Waals surface area contributed by atoms with Gasteiger partial charge in [-0.05, 0) is 35.9 Å². The summed E-state index contributed by atoms with van der Waals surface area (Å²) in [5.74, 6) is -1.26. The summed E-state index contributed by atoms with van der Waals surface area (Å²) in [7, 11) is 0. The smallest absolute Gasteiger partial charge is 0.362 e. The highest BCUT2D eigenvalue weighted by Gasteiger charge is 2.48. The van der Waals surface area contributed by atoms with E-state index in [1.54, 1.807) is 24.3 Å². The Balaban J connectivity index is 1.67. The second kappa shape index (κ2) is 8.81. The molecule has 13 heteroatoms. The molecule has 0 saturated heterocycles. The monoisotopic (exact) mass is 566 g/mol. The molecule has 1 aromatic heterocycles. The van der Waals surface area contributed by atoms with Crippen LogP contribution in [-0.4, -0.2) is 21.9 Å². The molecule has 0 aliphatic carbocycles. The molecule has 0 spiro atoms. The number of fused-ring (bicyclic) bond motifs is 1. The van der Waals surface area contributed by atoms with Crippen LogP contribution in [-0.2, 0) is 6.18 Å². The van der Waals surface area contributed by atoms with Crippen LogP contribution in [0, 0.1) is 0 Å². The molecule has 34 heavy (non-hydrogen) atoms. The molecule has 2 heterocycles. The normalized spacial score (nSPS) is 18.2. The average Bonchev–Trinajstić information content (AvgIpc) is 3.09. The van der Waals surface area contributed by atoms with E-state index >= 15 is 0 Å². The fraction of sp³-hybridized carbons (Fsp3) is 0.238. The topological polar surface area (TPSA) is 59.0 Å². The Morgan fingerprint density at radius 3 is 2.41 bits per heavy atom. The molecule has 0 bridgehead atoms. The lowest BCUT2D eigenvalue weighted by Crippen LogP contribution is -2.35. The minimum absolute atomic E-state index is 0.211. The standard InChI is InChI=1S/C21H14BrClF6N4O/c22-12-6-4-10(5-7-12)14-9-15(21(27,28)29)33-18(31-14)16(23)17(32-33)19(34)30-13-3-1-2-11(8-13)20(24,25)26/h1-8,14-15,31H,9H2,(H,30,34)/t14-,15-/m1/s1. The van der Waals surface area contributed by atoms with Crippen LogP contribution in [0.5, 0.6) is 0 Å². The van der Waals surface area contributed by atoms with Crippen LogP contribution < -0.4 is 10.6 Å². The number of alkyl halides is 6. The number of benzene rings is 2. The van der Waals surface area contributed by atoms with Gasteiger partial charge in [-0.15, -0.1) is 0 Å². The van der Waals surface area contributed by atoms with Gasteiger partial charge in [-0.1, -0.05) is 45.7 Å². The summed E-state index contributed by atoms with van der Waals surface area (Å²) < 4.78 is 81.8. The van der Waals surface area contributed by atoms with Crippen LogP contribution >= 0.6 is 27.5 Å². The van der Waals surface area contributed by atoms with Crippen LogP contribution in [0.1, 0.15) is 40.1 Å². The molecular formula is C21H14BrClF6N4O. The van der Waals surface area contributed by atoms with Crippen LogP contribution in [0.4, 0.5) is 37.8 Å². The number of carbonyl (C=O) groups excluding carboxylic acids is 1. The lowest BCUT2D eigenvalue weighted by Gasteiger charge is -2.33. The van der Waals surface area contributed by atoms with E-state index in [1.807, 2.05) is 0 Å². The molecule has 0 radical (unpaired) electrons. The number of hydrogen-bond donors (Lipinski definition) is 2. The number of nitrogens with one attached hydrogen (secondary N) is 2. The molecule has 3 aromatic rings. The van der Waals surface area contributed by atoms with E-state index in [4.69, 9.17) is 11.6 Å². The van der Waals surface area contributed by atoms with Gasteiger partial charge >= 0.3 is 12.4 Å². The number of hydrogen-bond acceptors (Lipinski definition) is 3. The Bertz CT molecular complexity index is 1230. The molecule has 2 aromatic carbocycles. The Labute approximate surface area is 202 Å². The van der Waals surface area contributed by atoms with Gasteiger partial charge in [0.2, 0.25) is 0 Å². The van der Waals surface area contributed by atoms with Crippen molar-refractivity contribution in [3.8, 4) is 0 Å². The predicted octanol–water partition coefficient (Wildman–Crippen LogP) is 7.23. The van der Waals surface area contributed by atoms with Crippen molar-refractivity contribution >= 4 is 44.9 Å². The van der Waals surface area contributed by atoms with Gasteiger partial charge < -0.3 is 10.6 Å². The van der Waals surface area contributed by atoms with Crippen molar-refractivity contribution in [3.63, 3.8) is 0 Å². The maximum Gasteiger partial charge on any atom is 0.416 e. The van der Waals surface area contributed by atoms with Crippen molar-refractivity contribution in [2.24, 2.45) is 0 Å². The van der Waals surface area contributed by atoms with E-state index in [9.17, 15) is 31.1 Å². The number of aromatic nitrogens is 2. The zero-order valence-corrected chi connectivity index (χ0v) is 19.1. The number of carbonyl (C=O) groups is 1. The molecule has 1 amide bonds. The van der Waals surface area contributed by atoms with Crippen molar-refractivity contribution < 1.29 is 31.1 Å². The van der Waals surface area contributed by atoms with E-state index in [-0.39, 0.29) is 16.5 Å². The van der Waals surface area contributed by atoms with Crippen LogP contribution in [0.25, 0.3) is 0 Å². The largest absolute Gasteiger partial charge is 0.416 e. The summed E-state index contributed by atoms with van der Waals surface area (Å²) in [6.07, 6.45) is -9.75. The Kier molecular flexibility index (Phi) is 6.32. The average molecular weight is 568 g/mol. The molecule has 0 unspecified atom stereocenters. The summed E-state index contributed by atoms with van der Waals surface area (Å²) >= 11 is 9.51. The van der Waals surface area contributed by atoms with Crippen LogP contribution in [0.3, 0.4) is 0 Å². The van der Waals surface area contributed by atoms with E-state index < -0.39 is 48.0 Å². The first kappa shape index (κ1) is 24.4. The molecule has 1 aliphatic rings. The van der Waals surface area contributed by atoms with Gasteiger partial charge in [0.05, 0.1) is 11.6 Å². The van der Waals surface area contributed by atoms with Gasteiger partial charge in [-0.25, -0.2) is 4.68 Å². The molecule has 180 valence electrons. The number of anilines is 2. The molecule has 5 nitrogen and oxygen atoms in total. The number of halogens is 8. The van der Waals surface area contributed by atoms with Crippen molar-refractivity contribution in [1.29, 1.82) is 0 Å². The minimum atomic E-state index is -4.70. The van der Waals surface area contributed by atoms with Crippen LogP contribution in [0.2, 0.25) is 5.02 Å². The summed E-state index contributed by atoms with van der Waals surface area (Å²) in [6.45, 7) is 0. The maximum absolute atomic E-state index is 13.9. The molecular weight excluding hydrogens is 554 g/mol. The van der Waals surface area contributed by atoms with Gasteiger partial charge in [0.25, 0.3) is 5.91 Å². The fourth-order valence-corrected chi connectivity index (χ4v) is 4.14. The second-order valence-electron chi connectivity index (χ2n) is 7.53. The molecule has 0 fully saturated rings. The lowest BCUT2D eigenvalue weighted by atomic mass is 9.97. The fourth-order valence-electron chi connectivity index (χ4n) is 3.61. The van der Waals surface area contributed by atoms with Crippen molar-refractivity contribution in [2.75, 3.05) is 10.6 Å². The highest BCUT2D eigenvalue weighted by molar-refractivity contribution is 9.10. The Hall–Kier alpha value is -2.73.